The number of nitrogens with one attached hydrogen (secondary N) is 2. The van der Waals surface area contributed by atoms with Gasteiger partial charge in [0.1, 0.15) is 5.84 Å². The number of amidine groups is 1. The number of ether oxygens (including phenoxy) is 1. The SMILES string of the molecule is CCOc1ncccc1-c1cc(NCC(=N)/N=C\N)c2c(n1)c(C)c(CC)n2C(C)C. The van der Waals surface area contributed by atoms with E-state index in [0.717, 1.165) is 46.3 Å². The number of rotatable bonds is 8. The van der Waals surface area contributed by atoms with Crippen LogP contribution < -0.4 is 15.8 Å². The molecule has 0 saturated carbocycles. The zero-order chi connectivity index (χ0) is 22.5. The second-order valence-electron chi connectivity index (χ2n) is 7.51. The topological polar surface area (TPSA) is 114 Å². The van der Waals surface area contributed by atoms with Crippen LogP contribution in [0.4, 0.5) is 5.69 Å². The molecule has 3 rings (SSSR count). The van der Waals surface area contributed by atoms with Gasteiger partial charge in [0.15, 0.2) is 0 Å². The third kappa shape index (κ3) is 4.38. The van der Waals surface area contributed by atoms with Gasteiger partial charge in [-0.25, -0.2) is 15.0 Å². The molecule has 31 heavy (non-hydrogen) atoms. The number of aromatic nitrogens is 3. The molecule has 0 aliphatic heterocycles. The minimum absolute atomic E-state index is 0.153. The van der Waals surface area contributed by atoms with Crippen molar-refractivity contribution in [2.45, 2.75) is 47.1 Å². The van der Waals surface area contributed by atoms with E-state index in [4.69, 9.17) is 20.9 Å². The highest BCUT2D eigenvalue weighted by molar-refractivity contribution is 5.97. The van der Waals surface area contributed by atoms with Crippen molar-refractivity contribution >= 4 is 28.9 Å². The Morgan fingerprint density at radius 1 is 1.39 bits per heavy atom. The van der Waals surface area contributed by atoms with Gasteiger partial charge in [0.05, 0.1) is 47.5 Å². The molecule has 0 atom stereocenters. The monoisotopic (exact) mass is 421 g/mol. The smallest absolute Gasteiger partial charge is 0.222 e. The number of aliphatic imine (C=N–C) groups is 1. The first-order valence-electron chi connectivity index (χ1n) is 10.6. The molecule has 0 bridgehead atoms. The number of nitrogens with two attached hydrogens (primary N) is 1. The summed E-state index contributed by atoms with van der Waals surface area (Å²) in [6, 6.07) is 6.11. The van der Waals surface area contributed by atoms with Crippen molar-refractivity contribution < 1.29 is 4.74 Å². The van der Waals surface area contributed by atoms with Gasteiger partial charge in [-0.1, -0.05) is 6.92 Å². The number of fused-ring (bicyclic) bond motifs is 1. The van der Waals surface area contributed by atoms with Crippen molar-refractivity contribution in [2.24, 2.45) is 10.7 Å². The quantitative estimate of drug-likeness (QED) is 0.370. The summed E-state index contributed by atoms with van der Waals surface area (Å²) in [5, 5.41) is 11.4. The molecule has 0 aromatic carbocycles. The molecule has 0 amide bonds. The Morgan fingerprint density at radius 3 is 2.81 bits per heavy atom. The van der Waals surface area contributed by atoms with Crippen molar-refractivity contribution in [3.8, 4) is 17.1 Å². The summed E-state index contributed by atoms with van der Waals surface area (Å²) >= 11 is 0. The van der Waals surface area contributed by atoms with Crippen molar-refractivity contribution in [1.29, 1.82) is 5.41 Å². The van der Waals surface area contributed by atoms with Gasteiger partial charge in [0.25, 0.3) is 0 Å². The number of nitrogens with zero attached hydrogens (tertiary/aromatic N) is 4. The molecule has 0 unspecified atom stereocenters. The molecule has 0 spiro atoms. The highest BCUT2D eigenvalue weighted by atomic mass is 16.5. The minimum Gasteiger partial charge on any atom is -0.477 e. The predicted octanol–water partition coefficient (Wildman–Crippen LogP) is 4.32. The maximum atomic E-state index is 7.98. The van der Waals surface area contributed by atoms with Crippen molar-refractivity contribution in [3.05, 3.63) is 35.7 Å². The molecule has 3 aromatic rings. The molecule has 0 aliphatic carbocycles. The summed E-state index contributed by atoms with van der Waals surface area (Å²) < 4.78 is 8.07. The normalized spacial score (nSPS) is 11.5. The van der Waals surface area contributed by atoms with Crippen LogP contribution in [0.2, 0.25) is 0 Å². The molecule has 3 aromatic heterocycles. The van der Waals surface area contributed by atoms with Gasteiger partial charge in [0, 0.05) is 17.9 Å². The van der Waals surface area contributed by atoms with Gasteiger partial charge in [-0.15, -0.1) is 0 Å². The first-order valence-corrected chi connectivity index (χ1v) is 10.6. The lowest BCUT2D eigenvalue weighted by Gasteiger charge is -2.18. The Kier molecular flexibility index (Phi) is 6.89. The first-order chi connectivity index (χ1) is 14.9. The molecule has 0 fully saturated rings. The highest BCUT2D eigenvalue weighted by Gasteiger charge is 2.22. The summed E-state index contributed by atoms with van der Waals surface area (Å²) in [4.78, 5) is 13.3. The van der Waals surface area contributed by atoms with E-state index in [1.54, 1.807) is 6.20 Å². The molecule has 8 nitrogen and oxygen atoms in total. The van der Waals surface area contributed by atoms with Crippen LogP contribution in [0.3, 0.4) is 0 Å². The van der Waals surface area contributed by atoms with Crippen LogP contribution in [-0.2, 0) is 6.42 Å². The summed E-state index contributed by atoms with van der Waals surface area (Å²) in [5.74, 6) is 0.709. The Hall–Kier alpha value is -3.42. The summed E-state index contributed by atoms with van der Waals surface area (Å²) in [5.41, 5.74) is 12.2. The number of hydrogen-bond acceptors (Lipinski definition) is 5. The Labute approximate surface area is 183 Å². The molecule has 0 radical (unpaired) electrons. The molecule has 164 valence electrons. The maximum Gasteiger partial charge on any atom is 0.222 e. The second-order valence-corrected chi connectivity index (χ2v) is 7.51. The molecule has 8 heteroatoms. The lowest BCUT2D eigenvalue weighted by Crippen LogP contribution is -2.14. The number of aryl methyl sites for hydroxylation is 1. The largest absolute Gasteiger partial charge is 0.477 e. The molecule has 4 N–H and O–H groups in total. The van der Waals surface area contributed by atoms with Crippen LogP contribution in [0, 0.1) is 12.3 Å². The standard InChI is InChI=1S/C23H31N7O/c1-6-19-15(5)21-22(30(19)14(3)4)18(27-12-20(25)28-13-24)11-17(29-21)16-9-8-10-26-23(16)31-7-2/h8-11,13-14H,6-7,12H2,1-5H3,(H,27,29)(H3,24,25,28). The minimum atomic E-state index is 0.153. The molecule has 0 saturated heterocycles. The zero-order valence-electron chi connectivity index (χ0n) is 18.9. The Morgan fingerprint density at radius 2 is 2.16 bits per heavy atom. The summed E-state index contributed by atoms with van der Waals surface area (Å²) in [6.07, 6.45) is 3.76. The lowest BCUT2D eigenvalue weighted by molar-refractivity contribution is 0.328. The van der Waals surface area contributed by atoms with Crippen LogP contribution in [0.1, 0.15) is 45.0 Å². The van der Waals surface area contributed by atoms with Gasteiger partial charge >= 0.3 is 0 Å². The van der Waals surface area contributed by atoms with Crippen LogP contribution in [0.25, 0.3) is 22.3 Å². The predicted molar refractivity (Wildman–Crippen MR) is 128 cm³/mol. The van der Waals surface area contributed by atoms with Crippen molar-refractivity contribution in [2.75, 3.05) is 18.5 Å². The Bertz CT molecular complexity index is 1110. The maximum absolute atomic E-state index is 7.98. The molecular formula is C23H31N7O. The van der Waals surface area contributed by atoms with Gasteiger partial charge < -0.3 is 20.4 Å². The van der Waals surface area contributed by atoms with E-state index in [9.17, 15) is 0 Å². The van der Waals surface area contributed by atoms with Gasteiger partial charge in [-0.05, 0) is 57.9 Å². The molecular weight excluding hydrogens is 390 g/mol. The third-order valence-electron chi connectivity index (χ3n) is 5.17. The Balaban J connectivity index is 2.27. The third-order valence-corrected chi connectivity index (χ3v) is 5.17. The van der Waals surface area contributed by atoms with Crippen molar-refractivity contribution in [1.82, 2.24) is 14.5 Å². The lowest BCUT2D eigenvalue weighted by atomic mass is 10.1. The van der Waals surface area contributed by atoms with E-state index in [1.807, 2.05) is 25.1 Å². The fourth-order valence-corrected chi connectivity index (χ4v) is 3.93. The van der Waals surface area contributed by atoms with E-state index < -0.39 is 0 Å². The average Bonchev–Trinajstić information content (AvgIpc) is 3.05. The molecule has 3 heterocycles. The fourth-order valence-electron chi connectivity index (χ4n) is 3.93. The van der Waals surface area contributed by atoms with E-state index in [2.05, 4.69) is 47.6 Å². The highest BCUT2D eigenvalue weighted by Crippen LogP contribution is 2.37. The van der Waals surface area contributed by atoms with Crippen LogP contribution in [0.15, 0.2) is 29.4 Å². The number of anilines is 1. The van der Waals surface area contributed by atoms with Crippen LogP contribution in [0.5, 0.6) is 5.88 Å². The van der Waals surface area contributed by atoms with E-state index in [1.165, 1.54) is 5.69 Å². The van der Waals surface area contributed by atoms with E-state index in [-0.39, 0.29) is 18.4 Å². The number of hydrogen-bond donors (Lipinski definition) is 3. The van der Waals surface area contributed by atoms with Gasteiger partial charge in [-0.3, -0.25) is 5.41 Å². The second kappa shape index (κ2) is 9.59. The number of pyridine rings is 2. The summed E-state index contributed by atoms with van der Waals surface area (Å²) in [6.45, 7) is 11.3. The first kappa shape index (κ1) is 22.3. The van der Waals surface area contributed by atoms with Crippen molar-refractivity contribution in [3.63, 3.8) is 0 Å². The van der Waals surface area contributed by atoms with E-state index in [0.29, 0.717) is 12.5 Å². The molecule has 0 aliphatic rings. The van der Waals surface area contributed by atoms with Crippen LogP contribution in [-0.4, -0.2) is 39.9 Å². The summed E-state index contributed by atoms with van der Waals surface area (Å²) in [7, 11) is 0. The average molecular weight is 422 g/mol. The van der Waals surface area contributed by atoms with Crippen LogP contribution >= 0.6 is 0 Å². The van der Waals surface area contributed by atoms with E-state index >= 15 is 0 Å². The van der Waals surface area contributed by atoms with Gasteiger partial charge in [-0.2, -0.15) is 0 Å². The zero-order valence-corrected chi connectivity index (χ0v) is 18.9. The fraction of sp³-hybridized carbons (Fsp3) is 0.391. The van der Waals surface area contributed by atoms with Gasteiger partial charge in [0.2, 0.25) is 5.88 Å².